The molecule has 3 aromatic heterocycles. The van der Waals surface area contributed by atoms with Crippen LogP contribution < -0.4 is 19.9 Å². The zero-order chi connectivity index (χ0) is 45.9. The van der Waals surface area contributed by atoms with Gasteiger partial charge >= 0.3 is 0 Å². The summed E-state index contributed by atoms with van der Waals surface area (Å²) < 4.78 is 112. The smallest absolute Gasteiger partial charge is 0.292 e. The molecule has 0 radical (unpaired) electrons. The van der Waals surface area contributed by atoms with Crippen LogP contribution in [0.25, 0.3) is 27.5 Å². The number of hydrogen-bond acceptors (Lipinski definition) is 9. The number of aromatic nitrogens is 6. The molecule has 8 rings (SSSR count). The van der Waals surface area contributed by atoms with Gasteiger partial charge in [-0.15, -0.1) is 5.10 Å². The van der Waals surface area contributed by atoms with E-state index < -0.39 is 89.5 Å². The lowest BCUT2D eigenvalue weighted by Crippen LogP contribution is -2.38. The van der Waals surface area contributed by atoms with E-state index in [1.54, 1.807) is 31.3 Å². The van der Waals surface area contributed by atoms with E-state index in [0.717, 1.165) is 22.3 Å². The average molecular weight is 927 g/mol. The lowest BCUT2D eigenvalue weighted by atomic mass is 10.0. The Bertz CT molecular complexity index is 3000. The third-order valence-electron chi connectivity index (χ3n) is 11.1. The Hall–Kier alpha value is -6.25. The van der Waals surface area contributed by atoms with E-state index in [1.165, 1.54) is 59.6 Å². The van der Waals surface area contributed by atoms with Gasteiger partial charge in [0.2, 0.25) is 11.7 Å². The molecule has 0 aliphatic heterocycles. The average Bonchev–Trinajstić information content (AvgIpc) is 3.85. The molecule has 3 unspecified atom stereocenters. The van der Waals surface area contributed by atoms with Crippen molar-refractivity contribution in [1.29, 1.82) is 0 Å². The Morgan fingerprint density at radius 1 is 1.06 bits per heavy atom. The van der Waals surface area contributed by atoms with Crippen LogP contribution in [-0.2, 0) is 55.1 Å². The molecule has 0 fully saturated rings. The number of rotatable bonds is 13. The molecule has 64 heavy (non-hydrogen) atoms. The van der Waals surface area contributed by atoms with Crippen LogP contribution in [0.1, 0.15) is 53.3 Å². The van der Waals surface area contributed by atoms with Crippen LogP contribution in [0.4, 0.5) is 32.2 Å². The predicted molar refractivity (Wildman–Crippen MR) is 226 cm³/mol. The van der Waals surface area contributed by atoms with Crippen molar-refractivity contribution in [3.8, 4) is 17.2 Å². The maximum Gasteiger partial charge on any atom is 0.292 e. The lowest BCUT2D eigenvalue weighted by molar-refractivity contribution is -0.123. The van der Waals surface area contributed by atoms with Crippen LogP contribution in [0, 0.1) is 17.6 Å². The number of hydrogen-bond donors (Lipinski definition) is 2. The fourth-order valence-corrected chi connectivity index (χ4v) is 9.07. The summed E-state index contributed by atoms with van der Waals surface area (Å²) in [6, 6.07) is 14.8. The van der Waals surface area contributed by atoms with Gasteiger partial charge < -0.3 is 19.7 Å². The maximum absolute atomic E-state index is 15.5. The Morgan fingerprint density at radius 3 is 2.42 bits per heavy atom. The molecule has 21 heteroatoms. The number of nitrogens with zero attached hydrogens (tertiary/aromatic N) is 7. The number of alkyl halides is 4. The van der Waals surface area contributed by atoms with Crippen molar-refractivity contribution >= 4 is 56.5 Å². The largest absolute Gasteiger partial charge is 0.593 e. The molecule has 0 bridgehead atoms. The van der Waals surface area contributed by atoms with Crippen molar-refractivity contribution in [2.75, 3.05) is 17.7 Å². The van der Waals surface area contributed by atoms with Crippen molar-refractivity contribution in [3.63, 3.8) is 0 Å². The Kier molecular flexibility index (Phi) is 11.8. The number of nitrogens with one attached hydrogen (secondary N) is 1. The van der Waals surface area contributed by atoms with E-state index in [1.807, 2.05) is 0 Å². The number of methoxy groups -OCH3 is 1. The molecule has 3 heterocycles. The fourth-order valence-electron chi connectivity index (χ4n) is 8.13. The first kappa shape index (κ1) is 44.4. The zero-order valence-corrected chi connectivity index (χ0v) is 35.8. The van der Waals surface area contributed by atoms with Crippen LogP contribution in [0.2, 0.25) is 5.02 Å². The minimum atomic E-state index is -3.62. The van der Waals surface area contributed by atoms with E-state index >= 15 is 8.78 Å². The topological polar surface area (TPSA) is 155 Å². The summed E-state index contributed by atoms with van der Waals surface area (Å²) in [7, 11) is 3.07. The highest BCUT2D eigenvalue weighted by Gasteiger charge is 2.51. The molecule has 3 atom stereocenters. The quantitative estimate of drug-likeness (QED) is 0.0873. The first-order chi connectivity index (χ1) is 30.4. The number of amides is 1. The second kappa shape index (κ2) is 17.0. The van der Waals surface area contributed by atoms with Crippen LogP contribution in [-0.4, -0.2) is 58.0 Å². The van der Waals surface area contributed by atoms with Crippen LogP contribution in [0.3, 0.4) is 0 Å². The summed E-state index contributed by atoms with van der Waals surface area (Å²) in [4.78, 5) is 33.7. The molecule has 4 aromatic carbocycles. The van der Waals surface area contributed by atoms with Gasteiger partial charge in [0.1, 0.15) is 53.1 Å². The first-order valence-electron chi connectivity index (χ1n) is 19.5. The Labute approximate surface area is 368 Å². The molecule has 0 saturated heterocycles. The minimum absolute atomic E-state index is 0.0207. The van der Waals surface area contributed by atoms with E-state index in [-0.39, 0.29) is 67.6 Å². The zero-order valence-electron chi connectivity index (χ0n) is 34.3. The number of carbonyl (C=O) groups excluding carboxylic acids is 1. The van der Waals surface area contributed by atoms with E-state index in [9.17, 15) is 36.8 Å². The number of carbonyl (C=O) groups is 1. The molecule has 1 aliphatic carbocycles. The number of ether oxygens (including phenoxy) is 1. The SMILES string of the molecule is COc1ccc(CN(c2nn(C)c3c(-n4c(C(Cc5cc(F)cc(F)c5)NC(=O)Cn5nc(C(F)F)c6c5C(F)(F)C(C)C6)nc5cc(O)ccc5c4=O)ccc(Cl)c23)[S+](C)[O-])cc1. The molecule has 7 aromatic rings. The summed E-state index contributed by atoms with van der Waals surface area (Å²) in [5.74, 6) is -7.82. The third kappa shape index (κ3) is 8.09. The number of fused-ring (bicyclic) bond motifs is 3. The monoisotopic (exact) mass is 926 g/mol. The number of aryl methyl sites for hydroxylation is 1. The molecule has 1 aliphatic rings. The second-order valence-electron chi connectivity index (χ2n) is 15.4. The van der Waals surface area contributed by atoms with Gasteiger partial charge in [0.05, 0.1) is 63.6 Å². The highest BCUT2D eigenvalue weighted by atomic mass is 35.5. The van der Waals surface area contributed by atoms with Crippen LogP contribution in [0.15, 0.2) is 77.6 Å². The van der Waals surface area contributed by atoms with Gasteiger partial charge in [-0.05, 0) is 66.1 Å². The number of phenolic OH excluding ortho intramolecular Hbond substituents is 1. The van der Waals surface area contributed by atoms with Crippen molar-refractivity contribution < 1.29 is 45.5 Å². The minimum Gasteiger partial charge on any atom is -0.593 e. The summed E-state index contributed by atoms with van der Waals surface area (Å²) in [6.45, 7) is 0.279. The molecule has 2 N–H and O–H groups in total. The molecule has 334 valence electrons. The van der Waals surface area contributed by atoms with Crippen molar-refractivity contribution in [2.24, 2.45) is 13.0 Å². The van der Waals surface area contributed by atoms with Crippen molar-refractivity contribution in [2.45, 2.75) is 51.2 Å². The van der Waals surface area contributed by atoms with Gasteiger partial charge in [0.25, 0.3) is 17.9 Å². The Balaban J connectivity index is 1.31. The number of anilines is 1. The highest BCUT2D eigenvalue weighted by Crippen LogP contribution is 2.48. The van der Waals surface area contributed by atoms with Gasteiger partial charge in [0, 0.05) is 37.1 Å². The van der Waals surface area contributed by atoms with Gasteiger partial charge in [-0.1, -0.05) is 30.7 Å². The molecular formula is C43H37ClF6N8O5S. The molecular weight excluding hydrogens is 890 g/mol. The Morgan fingerprint density at radius 2 is 1.77 bits per heavy atom. The van der Waals surface area contributed by atoms with Gasteiger partial charge in [-0.3, -0.25) is 23.5 Å². The first-order valence-corrected chi connectivity index (χ1v) is 21.4. The molecule has 0 saturated carbocycles. The van der Waals surface area contributed by atoms with Crippen molar-refractivity contribution in [3.05, 3.63) is 134 Å². The fraction of sp³-hybridized carbons (Fsp3) is 0.279. The van der Waals surface area contributed by atoms with Crippen LogP contribution >= 0.6 is 11.6 Å². The molecule has 13 nitrogen and oxygen atoms in total. The predicted octanol–water partition coefficient (Wildman–Crippen LogP) is 7.74. The summed E-state index contributed by atoms with van der Waals surface area (Å²) in [5.41, 5.74) is -1.94. The summed E-state index contributed by atoms with van der Waals surface area (Å²) in [5, 5.41) is 21.9. The van der Waals surface area contributed by atoms with Crippen LogP contribution in [0.5, 0.6) is 11.5 Å². The lowest BCUT2D eigenvalue weighted by Gasteiger charge is -2.24. The number of aromatic hydroxyl groups is 1. The highest BCUT2D eigenvalue weighted by molar-refractivity contribution is 7.92. The molecule has 1 amide bonds. The second-order valence-corrected chi connectivity index (χ2v) is 17.1. The maximum atomic E-state index is 15.5. The normalized spacial score (nSPS) is 15.5. The van der Waals surface area contributed by atoms with E-state index in [0.29, 0.717) is 16.5 Å². The van der Waals surface area contributed by atoms with E-state index in [2.05, 4.69) is 10.4 Å². The third-order valence-corrected chi connectivity index (χ3v) is 12.3. The molecule has 0 spiro atoms. The van der Waals surface area contributed by atoms with Crippen molar-refractivity contribution in [1.82, 2.24) is 34.4 Å². The number of phenols is 1. The van der Waals surface area contributed by atoms with Gasteiger partial charge in [-0.25, -0.2) is 22.5 Å². The van der Waals surface area contributed by atoms with Gasteiger partial charge in [-0.2, -0.15) is 18.2 Å². The number of halogens is 7. The van der Waals surface area contributed by atoms with Gasteiger partial charge in [0.15, 0.2) is 0 Å². The summed E-state index contributed by atoms with van der Waals surface area (Å²) in [6.07, 6.45) is -2.65. The summed E-state index contributed by atoms with van der Waals surface area (Å²) >= 11 is 5.19. The van der Waals surface area contributed by atoms with E-state index in [4.69, 9.17) is 26.4 Å². The standard InChI is InChI=1S/C43H37ClF6N8O5S/c1-21-13-29-36(39(47)48)53-56(38(29)43(21,49)50)20-34(60)51-32(16-23-14-24(45)17-25(46)15-23)40-52-31-18-26(59)7-10-28(31)42(61)58(40)33-12-11-30(44)35-37(33)55(2)54-41(35)57(64(4)62)19-22-5-8-27(63-3)9-6-22/h5-12,14-15,17-18,21,32,39,59H,13,16,19-20H2,1-4H3,(H,51,60). The number of benzene rings is 4.